The smallest absolute Gasteiger partial charge is 1.00 e. The van der Waals surface area contributed by atoms with Crippen molar-refractivity contribution in [2.75, 3.05) is 7.11 Å². The fraction of sp³-hybridized carbons (Fsp3) is 0.133. The molecular formula is C15H15ClLiO2P. The van der Waals surface area contributed by atoms with E-state index in [1.54, 1.807) is 13.2 Å². The summed E-state index contributed by atoms with van der Waals surface area (Å²) >= 11 is 6.10. The molecule has 0 saturated heterocycles. The van der Waals surface area contributed by atoms with Crippen LogP contribution >= 0.6 is 20.2 Å². The van der Waals surface area contributed by atoms with Crippen LogP contribution in [0.1, 0.15) is 17.3 Å². The van der Waals surface area contributed by atoms with E-state index in [0.29, 0.717) is 10.6 Å². The number of halogens is 1. The molecule has 2 rings (SSSR count). The number of aryl methyl sites for hydroxylation is 1. The molecule has 0 heterocycles. The summed E-state index contributed by atoms with van der Waals surface area (Å²) in [6.07, 6.45) is 0. The molecule has 0 spiro atoms. The van der Waals surface area contributed by atoms with Gasteiger partial charge in [0.2, 0.25) is 0 Å². The zero-order valence-corrected chi connectivity index (χ0v) is 13.5. The first kappa shape index (κ1) is 17.3. The van der Waals surface area contributed by atoms with E-state index in [0.717, 1.165) is 16.6 Å². The second-order valence-electron chi connectivity index (χ2n) is 4.11. The molecule has 1 atom stereocenters. The van der Waals surface area contributed by atoms with Crippen molar-refractivity contribution in [1.29, 1.82) is 0 Å². The Morgan fingerprint density at radius 3 is 2.40 bits per heavy atom. The Morgan fingerprint density at radius 2 is 1.85 bits per heavy atom. The minimum atomic E-state index is 0. The Balaban J connectivity index is 0.00000200. The zero-order chi connectivity index (χ0) is 13.8. The van der Waals surface area contributed by atoms with Gasteiger partial charge < -0.3 is 6.16 Å². The van der Waals surface area contributed by atoms with Crippen molar-refractivity contribution in [2.24, 2.45) is 0 Å². The molecule has 0 fully saturated rings. The Labute approximate surface area is 139 Å². The third-order valence-electron chi connectivity index (χ3n) is 2.80. The maximum atomic E-state index is 12.3. The molecule has 20 heavy (non-hydrogen) atoms. The number of carbonyl (C=O) groups is 1. The van der Waals surface area contributed by atoms with Crippen molar-refractivity contribution in [3.05, 3.63) is 58.6 Å². The van der Waals surface area contributed by atoms with Crippen LogP contribution in [0.4, 0.5) is 0 Å². The van der Waals surface area contributed by atoms with E-state index in [1.807, 2.05) is 43.3 Å². The van der Waals surface area contributed by atoms with Crippen molar-refractivity contribution in [1.82, 2.24) is 0 Å². The quantitative estimate of drug-likeness (QED) is 0.620. The number of hydrogen-bond donors (Lipinski definition) is 0. The molecule has 0 aliphatic rings. The average Bonchev–Trinajstić information content (AvgIpc) is 2.39. The Hall–Kier alpha value is -0.773. The Morgan fingerprint density at radius 1 is 1.20 bits per heavy atom. The van der Waals surface area contributed by atoms with Crippen LogP contribution in [0.2, 0.25) is 5.02 Å². The van der Waals surface area contributed by atoms with Crippen molar-refractivity contribution in [3.8, 4) is 5.75 Å². The summed E-state index contributed by atoms with van der Waals surface area (Å²) in [5.74, 6) is 0.787. The van der Waals surface area contributed by atoms with Gasteiger partial charge in [-0.2, -0.15) is 0 Å². The molecule has 0 aliphatic heterocycles. The van der Waals surface area contributed by atoms with Gasteiger partial charge >= 0.3 is 18.9 Å². The number of hydrogen-bond acceptors (Lipinski definition) is 2. The Bertz CT molecular complexity index is 585. The van der Waals surface area contributed by atoms with E-state index in [4.69, 9.17) is 16.3 Å². The van der Waals surface area contributed by atoms with E-state index in [1.165, 1.54) is 0 Å². The first-order valence-corrected chi connectivity index (χ1v) is 7.20. The summed E-state index contributed by atoms with van der Waals surface area (Å²) in [5, 5.41) is 1.50. The second kappa shape index (κ2) is 7.86. The van der Waals surface area contributed by atoms with Crippen LogP contribution in [0.3, 0.4) is 0 Å². The fourth-order valence-corrected chi connectivity index (χ4v) is 3.23. The number of methoxy groups -OCH3 is 1. The molecule has 2 aromatic carbocycles. The van der Waals surface area contributed by atoms with Crippen molar-refractivity contribution < 1.29 is 29.8 Å². The first-order chi connectivity index (χ1) is 9.11. The van der Waals surface area contributed by atoms with Gasteiger partial charge in [-0.3, -0.25) is 4.79 Å². The third-order valence-corrected chi connectivity index (χ3v) is 4.21. The van der Waals surface area contributed by atoms with E-state index in [-0.39, 0.29) is 34.4 Å². The maximum Gasteiger partial charge on any atom is 1.00 e. The van der Waals surface area contributed by atoms with Crippen LogP contribution in [0.25, 0.3) is 0 Å². The normalized spacial score (nSPS) is 10.3. The molecule has 5 heteroatoms. The van der Waals surface area contributed by atoms with Gasteiger partial charge in [0, 0.05) is 5.56 Å². The Kier molecular flexibility index (Phi) is 6.79. The van der Waals surface area contributed by atoms with Crippen LogP contribution in [-0.4, -0.2) is 12.6 Å². The largest absolute Gasteiger partial charge is 1.00 e. The van der Waals surface area contributed by atoms with Gasteiger partial charge in [-0.15, -0.1) is 0 Å². The molecule has 0 radical (unpaired) electrons. The number of ether oxygens (including phenoxy) is 1. The minimum absolute atomic E-state index is 0. The van der Waals surface area contributed by atoms with Crippen LogP contribution in [-0.2, 0) is 0 Å². The summed E-state index contributed by atoms with van der Waals surface area (Å²) in [6.45, 7) is 1.90. The molecule has 2 aromatic rings. The predicted octanol–water partition coefficient (Wildman–Crippen LogP) is 0.918. The maximum absolute atomic E-state index is 12.3. The van der Waals surface area contributed by atoms with E-state index in [2.05, 4.69) is 0 Å². The van der Waals surface area contributed by atoms with Gasteiger partial charge in [0.15, 0.2) is 5.52 Å². The van der Waals surface area contributed by atoms with E-state index < -0.39 is 0 Å². The third kappa shape index (κ3) is 4.11. The van der Waals surface area contributed by atoms with Crippen LogP contribution in [0.5, 0.6) is 5.75 Å². The van der Waals surface area contributed by atoms with Crippen molar-refractivity contribution in [2.45, 2.75) is 6.92 Å². The van der Waals surface area contributed by atoms with E-state index >= 15 is 0 Å². The molecular weight excluding hydrogens is 286 g/mol. The number of rotatable bonds is 4. The molecule has 1 unspecified atom stereocenters. The summed E-state index contributed by atoms with van der Waals surface area (Å²) < 4.78 is 5.09. The van der Waals surface area contributed by atoms with Crippen LogP contribution in [0, 0.1) is 6.92 Å². The van der Waals surface area contributed by atoms with Crippen LogP contribution < -0.4 is 28.9 Å². The molecule has 0 aromatic heterocycles. The molecule has 2 nitrogen and oxygen atoms in total. The average molecular weight is 301 g/mol. The molecule has 0 saturated carbocycles. The topological polar surface area (TPSA) is 26.3 Å². The van der Waals surface area contributed by atoms with Gasteiger partial charge in [0.25, 0.3) is 0 Å². The predicted molar refractivity (Wildman–Crippen MR) is 82.6 cm³/mol. The summed E-state index contributed by atoms with van der Waals surface area (Å²) in [5.41, 5.74) is 1.60. The summed E-state index contributed by atoms with van der Waals surface area (Å²) in [6, 6.07) is 13.0. The number of benzene rings is 2. The molecule has 100 valence electrons. The SMILES string of the molecule is COc1ccc(PC(=O)c2c(C)cccc2Cl)cc1.[H-].[Li+]. The zero-order valence-electron chi connectivity index (χ0n) is 12.7. The van der Waals surface area contributed by atoms with Crippen molar-refractivity contribution >= 4 is 31.0 Å². The number of carbonyl (C=O) groups excluding carboxylic acids is 1. The van der Waals surface area contributed by atoms with Gasteiger partial charge in [-0.05, 0) is 44.6 Å². The monoisotopic (exact) mass is 300 g/mol. The second-order valence-corrected chi connectivity index (χ2v) is 5.80. The molecule has 0 aliphatic carbocycles. The summed E-state index contributed by atoms with van der Waals surface area (Å²) in [4.78, 5) is 12.3. The standard InChI is InChI=1S/C15H14ClO2P.Li.H/c1-10-4-3-5-13(16)14(10)15(17)19-12-8-6-11(18-2)7-9-12;;/h3-9,19H,1-2H3;;/q;+1;-1. The van der Waals surface area contributed by atoms with Gasteiger partial charge in [0.05, 0.1) is 12.1 Å². The van der Waals surface area contributed by atoms with Crippen molar-refractivity contribution in [3.63, 3.8) is 0 Å². The van der Waals surface area contributed by atoms with Gasteiger partial charge in [-0.25, -0.2) is 0 Å². The molecule has 0 amide bonds. The van der Waals surface area contributed by atoms with Gasteiger partial charge in [-0.1, -0.05) is 35.9 Å². The minimum Gasteiger partial charge on any atom is -1.00 e. The first-order valence-electron chi connectivity index (χ1n) is 5.82. The fourth-order valence-electron chi connectivity index (χ4n) is 1.79. The summed E-state index contributed by atoms with van der Waals surface area (Å²) in [7, 11) is 1.69. The van der Waals surface area contributed by atoms with Crippen LogP contribution in [0.15, 0.2) is 42.5 Å². The molecule has 0 N–H and O–H groups in total. The van der Waals surface area contributed by atoms with Gasteiger partial charge in [0.1, 0.15) is 5.75 Å². The molecule has 0 bridgehead atoms. The van der Waals surface area contributed by atoms with E-state index in [9.17, 15) is 4.79 Å².